The van der Waals surface area contributed by atoms with Gasteiger partial charge in [-0.3, -0.25) is 0 Å². The molecule has 2 N–H and O–H groups in total. The molecule has 0 unspecified atom stereocenters. The van der Waals surface area contributed by atoms with Crippen LogP contribution in [0.3, 0.4) is 0 Å². The van der Waals surface area contributed by atoms with Crippen LogP contribution in [-0.2, 0) is 6.54 Å². The lowest BCUT2D eigenvalue weighted by atomic mass is 10.1. The standard InChI is InChI=1S/C14H14BrNS/c1-10-6-7-13(11(8-10)9-16)17-14-5-3-2-4-12(14)15/h2-8H,9,16H2,1H3. The van der Waals surface area contributed by atoms with Crippen LogP contribution < -0.4 is 5.73 Å². The molecule has 0 saturated heterocycles. The molecule has 0 aliphatic heterocycles. The van der Waals surface area contributed by atoms with Gasteiger partial charge in [0.25, 0.3) is 0 Å². The molecule has 2 aromatic carbocycles. The first kappa shape index (κ1) is 12.7. The second-order valence-corrected chi connectivity index (χ2v) is 5.79. The highest BCUT2D eigenvalue weighted by atomic mass is 79.9. The highest BCUT2D eigenvalue weighted by Gasteiger charge is 2.05. The maximum Gasteiger partial charge on any atom is 0.0314 e. The Balaban J connectivity index is 2.33. The van der Waals surface area contributed by atoms with Gasteiger partial charge in [0.2, 0.25) is 0 Å². The third-order valence-electron chi connectivity index (χ3n) is 2.49. The van der Waals surface area contributed by atoms with Crippen LogP contribution in [0.2, 0.25) is 0 Å². The quantitative estimate of drug-likeness (QED) is 0.911. The molecule has 0 atom stereocenters. The molecule has 0 bridgehead atoms. The fraction of sp³-hybridized carbons (Fsp3) is 0.143. The van der Waals surface area contributed by atoms with Crippen LogP contribution in [0.5, 0.6) is 0 Å². The zero-order valence-electron chi connectivity index (χ0n) is 9.61. The third kappa shape index (κ3) is 3.12. The van der Waals surface area contributed by atoms with E-state index < -0.39 is 0 Å². The second kappa shape index (κ2) is 5.71. The van der Waals surface area contributed by atoms with Gasteiger partial charge in [0.15, 0.2) is 0 Å². The van der Waals surface area contributed by atoms with Gasteiger partial charge in [-0.15, -0.1) is 0 Å². The molecule has 3 heteroatoms. The van der Waals surface area contributed by atoms with Gasteiger partial charge in [-0.2, -0.15) is 0 Å². The Kier molecular flexibility index (Phi) is 4.26. The average Bonchev–Trinajstić information content (AvgIpc) is 2.34. The van der Waals surface area contributed by atoms with Crippen molar-refractivity contribution in [1.82, 2.24) is 0 Å². The Bertz CT molecular complexity index is 525. The van der Waals surface area contributed by atoms with Crippen molar-refractivity contribution in [3.8, 4) is 0 Å². The summed E-state index contributed by atoms with van der Waals surface area (Å²) in [4.78, 5) is 2.44. The van der Waals surface area contributed by atoms with Crippen molar-refractivity contribution in [3.05, 3.63) is 58.1 Å². The van der Waals surface area contributed by atoms with Crippen LogP contribution in [0, 0.1) is 6.92 Å². The molecule has 88 valence electrons. The lowest BCUT2D eigenvalue weighted by Gasteiger charge is -2.09. The van der Waals surface area contributed by atoms with E-state index in [0.29, 0.717) is 6.54 Å². The zero-order chi connectivity index (χ0) is 12.3. The number of hydrogen-bond donors (Lipinski definition) is 1. The van der Waals surface area contributed by atoms with Gasteiger partial charge in [0.05, 0.1) is 0 Å². The Morgan fingerprint density at radius 2 is 1.88 bits per heavy atom. The van der Waals surface area contributed by atoms with Crippen LogP contribution in [-0.4, -0.2) is 0 Å². The molecular weight excluding hydrogens is 294 g/mol. The van der Waals surface area contributed by atoms with E-state index in [0.717, 1.165) is 4.47 Å². The summed E-state index contributed by atoms with van der Waals surface area (Å²) >= 11 is 5.31. The molecule has 0 heterocycles. The molecule has 17 heavy (non-hydrogen) atoms. The third-order valence-corrected chi connectivity index (χ3v) is 4.64. The maximum atomic E-state index is 5.79. The Morgan fingerprint density at radius 1 is 1.12 bits per heavy atom. The summed E-state index contributed by atoms with van der Waals surface area (Å²) in [6.07, 6.45) is 0. The molecule has 2 rings (SSSR count). The van der Waals surface area contributed by atoms with Crippen molar-refractivity contribution in [2.75, 3.05) is 0 Å². The number of hydrogen-bond acceptors (Lipinski definition) is 2. The van der Waals surface area contributed by atoms with Crippen molar-refractivity contribution in [1.29, 1.82) is 0 Å². The zero-order valence-corrected chi connectivity index (χ0v) is 12.0. The number of rotatable bonds is 3. The fourth-order valence-electron chi connectivity index (χ4n) is 1.61. The lowest BCUT2D eigenvalue weighted by molar-refractivity contribution is 1.02. The van der Waals surface area contributed by atoms with Gasteiger partial charge < -0.3 is 5.73 Å². The van der Waals surface area contributed by atoms with Crippen LogP contribution in [0.25, 0.3) is 0 Å². The predicted octanol–water partition coefficient (Wildman–Crippen LogP) is 4.37. The highest BCUT2D eigenvalue weighted by Crippen LogP contribution is 2.35. The summed E-state index contributed by atoms with van der Waals surface area (Å²) in [6.45, 7) is 2.67. The van der Waals surface area contributed by atoms with Gasteiger partial charge in [-0.05, 0) is 46.6 Å². The van der Waals surface area contributed by atoms with Crippen LogP contribution in [0.15, 0.2) is 56.7 Å². The molecule has 0 aliphatic rings. The Hall–Kier alpha value is -0.770. The van der Waals surface area contributed by atoms with Crippen molar-refractivity contribution >= 4 is 27.7 Å². The first-order chi connectivity index (χ1) is 8.20. The lowest BCUT2D eigenvalue weighted by Crippen LogP contribution is -1.98. The van der Waals surface area contributed by atoms with Crippen molar-refractivity contribution < 1.29 is 0 Å². The first-order valence-electron chi connectivity index (χ1n) is 5.42. The summed E-state index contributed by atoms with van der Waals surface area (Å²) in [5.41, 5.74) is 8.24. The summed E-state index contributed by atoms with van der Waals surface area (Å²) in [5.74, 6) is 0. The largest absolute Gasteiger partial charge is 0.326 e. The maximum absolute atomic E-state index is 5.79. The fourth-order valence-corrected chi connectivity index (χ4v) is 3.10. The normalized spacial score (nSPS) is 10.5. The summed E-state index contributed by atoms with van der Waals surface area (Å²) in [5, 5.41) is 0. The van der Waals surface area contributed by atoms with E-state index in [1.54, 1.807) is 11.8 Å². The molecule has 1 nitrogen and oxygen atoms in total. The molecule has 2 aromatic rings. The Morgan fingerprint density at radius 3 is 2.59 bits per heavy atom. The van der Waals surface area contributed by atoms with Crippen LogP contribution in [0.1, 0.15) is 11.1 Å². The van der Waals surface area contributed by atoms with Crippen LogP contribution in [0.4, 0.5) is 0 Å². The number of halogens is 1. The topological polar surface area (TPSA) is 26.0 Å². The molecule has 0 saturated carbocycles. The minimum absolute atomic E-state index is 0.578. The number of aryl methyl sites for hydroxylation is 1. The van der Waals surface area contributed by atoms with Gasteiger partial charge in [-0.1, -0.05) is 41.6 Å². The van der Waals surface area contributed by atoms with Crippen molar-refractivity contribution in [2.45, 2.75) is 23.3 Å². The summed E-state index contributed by atoms with van der Waals surface area (Å²) in [6, 6.07) is 14.6. The van der Waals surface area contributed by atoms with Gasteiger partial charge in [0, 0.05) is 20.8 Å². The monoisotopic (exact) mass is 307 g/mol. The summed E-state index contributed by atoms with van der Waals surface area (Å²) < 4.78 is 1.12. The Labute approximate surface area is 115 Å². The second-order valence-electron chi connectivity index (χ2n) is 3.85. The van der Waals surface area contributed by atoms with E-state index in [2.05, 4.69) is 53.2 Å². The minimum Gasteiger partial charge on any atom is -0.326 e. The smallest absolute Gasteiger partial charge is 0.0314 e. The van der Waals surface area contributed by atoms with Gasteiger partial charge in [0.1, 0.15) is 0 Å². The van der Waals surface area contributed by atoms with Crippen LogP contribution >= 0.6 is 27.7 Å². The number of nitrogens with two attached hydrogens (primary N) is 1. The van der Waals surface area contributed by atoms with E-state index in [4.69, 9.17) is 5.73 Å². The highest BCUT2D eigenvalue weighted by molar-refractivity contribution is 9.10. The van der Waals surface area contributed by atoms with Crippen molar-refractivity contribution in [3.63, 3.8) is 0 Å². The molecule has 0 aromatic heterocycles. The molecule has 0 aliphatic carbocycles. The molecule has 0 radical (unpaired) electrons. The molecule has 0 fully saturated rings. The SMILES string of the molecule is Cc1ccc(Sc2ccccc2Br)c(CN)c1. The van der Waals surface area contributed by atoms with Crippen molar-refractivity contribution in [2.24, 2.45) is 5.73 Å². The first-order valence-corrected chi connectivity index (χ1v) is 7.03. The average molecular weight is 308 g/mol. The van der Waals surface area contributed by atoms with E-state index in [9.17, 15) is 0 Å². The van der Waals surface area contributed by atoms with E-state index in [-0.39, 0.29) is 0 Å². The van der Waals surface area contributed by atoms with E-state index in [1.807, 2.05) is 12.1 Å². The summed E-state index contributed by atoms with van der Waals surface area (Å²) in [7, 11) is 0. The van der Waals surface area contributed by atoms with Gasteiger partial charge in [-0.25, -0.2) is 0 Å². The molecule has 0 spiro atoms. The number of benzene rings is 2. The molecular formula is C14H14BrNS. The predicted molar refractivity (Wildman–Crippen MR) is 77.3 cm³/mol. The van der Waals surface area contributed by atoms with E-state index >= 15 is 0 Å². The molecule has 0 amide bonds. The van der Waals surface area contributed by atoms with E-state index in [1.165, 1.54) is 20.9 Å². The minimum atomic E-state index is 0.578. The van der Waals surface area contributed by atoms with Gasteiger partial charge >= 0.3 is 0 Å².